The van der Waals surface area contributed by atoms with Crippen molar-refractivity contribution in [3.63, 3.8) is 0 Å². The number of nitriles is 1. The van der Waals surface area contributed by atoms with Crippen molar-refractivity contribution in [3.05, 3.63) is 176 Å². The molecule has 3 aliphatic rings. The summed E-state index contributed by atoms with van der Waals surface area (Å²) in [6.07, 6.45) is 1.15. The number of sulfone groups is 1. The fourth-order valence-corrected chi connectivity index (χ4v) is 11.2. The standard InChI is InChI=1S/C19H14FN3O.C19H17FN2O3S.C18H14FN3O3/c1-11-15-8-14(20)9-16(13-4-2-12(10-21)3-5-13)18(15)23-7-6-22-19(24)17(11)23;1-11-15-9-13(20)10-16(12-3-5-14(6-4-12)26(2,24)25)18(15)22-8-7-21-19(23)17(11)22;1-10-14-8-12(19)9-15(11-2-4-13(5-3-11)22(24)25)17(14)21-7-6-20-18(23)16(10)21/h2-5,8-9H,6-7H2,1H3,(H,22,24);3-6,9-10H,7-8H2,1-2H3,(H,21,23);2-5,8-9H,6-7H2,1H3,(H,20,23). The number of nitrogens with one attached hydrogen (secondary N) is 3. The normalized spacial score (nSPS) is 13.8. The highest BCUT2D eigenvalue weighted by Crippen LogP contribution is 2.39. The van der Waals surface area contributed by atoms with Crippen LogP contribution in [-0.4, -0.2) is 70.7 Å². The van der Waals surface area contributed by atoms with Gasteiger partial charge in [-0.25, -0.2) is 21.6 Å². The summed E-state index contributed by atoms with van der Waals surface area (Å²) in [6.45, 7) is 8.89. The van der Waals surface area contributed by atoms with E-state index < -0.39 is 26.4 Å². The van der Waals surface area contributed by atoms with Gasteiger partial charge in [0.05, 0.1) is 38.0 Å². The largest absolute Gasteiger partial charge is 0.349 e. The Labute approximate surface area is 426 Å². The minimum absolute atomic E-state index is 0.0239. The number of aromatic nitrogens is 3. The van der Waals surface area contributed by atoms with Crippen molar-refractivity contribution >= 4 is 66.0 Å². The van der Waals surface area contributed by atoms with Crippen LogP contribution in [0, 0.1) is 59.7 Å². The molecule has 6 aromatic carbocycles. The van der Waals surface area contributed by atoms with Crippen LogP contribution in [0.4, 0.5) is 18.9 Å². The summed E-state index contributed by atoms with van der Waals surface area (Å²) in [7, 11) is -3.30. The lowest BCUT2D eigenvalue weighted by Crippen LogP contribution is -2.35. The molecule has 15 nitrogen and oxygen atoms in total. The molecule has 12 rings (SSSR count). The van der Waals surface area contributed by atoms with Crippen molar-refractivity contribution in [1.29, 1.82) is 5.26 Å². The van der Waals surface area contributed by atoms with Gasteiger partial charge in [-0.05, 0) is 127 Å². The summed E-state index contributed by atoms with van der Waals surface area (Å²) in [5.41, 5.74) is 11.1. The molecule has 0 fully saturated rings. The van der Waals surface area contributed by atoms with E-state index in [9.17, 15) is 46.1 Å². The van der Waals surface area contributed by atoms with Crippen LogP contribution < -0.4 is 16.0 Å². The molecular formula is C56H45F3N8O7S. The van der Waals surface area contributed by atoms with E-state index in [1.165, 1.54) is 60.7 Å². The smallest absolute Gasteiger partial charge is 0.269 e. The number of hydrogen-bond donors (Lipinski definition) is 3. The van der Waals surface area contributed by atoms with E-state index >= 15 is 0 Å². The number of aryl methyl sites for hydroxylation is 3. The number of halogens is 3. The summed E-state index contributed by atoms with van der Waals surface area (Å²) < 4.78 is 71.8. The number of hydrogen-bond acceptors (Lipinski definition) is 8. The average molecular weight is 1030 g/mol. The zero-order valence-electron chi connectivity index (χ0n) is 40.8. The lowest BCUT2D eigenvalue weighted by molar-refractivity contribution is -0.384. The highest BCUT2D eigenvalue weighted by Gasteiger charge is 2.29. The van der Waals surface area contributed by atoms with Gasteiger partial charge in [0.2, 0.25) is 0 Å². The van der Waals surface area contributed by atoms with Crippen molar-refractivity contribution in [3.8, 4) is 39.4 Å². The van der Waals surface area contributed by atoms with Crippen LogP contribution in [0.15, 0.2) is 114 Å². The Bertz CT molecular complexity index is 4060. The van der Waals surface area contributed by atoms with Crippen molar-refractivity contribution in [1.82, 2.24) is 29.7 Å². The molecule has 3 amide bonds. The van der Waals surface area contributed by atoms with Crippen LogP contribution in [-0.2, 0) is 29.5 Å². The fraction of sp³-hybridized carbons (Fsp3) is 0.179. The Morgan fingerprint density at radius 3 is 1.17 bits per heavy atom. The molecule has 0 unspecified atom stereocenters. The Hall–Kier alpha value is -9.02. The molecule has 0 saturated heterocycles. The first-order valence-electron chi connectivity index (χ1n) is 23.7. The number of non-ortho nitro benzene ring substituents is 1. The molecule has 75 heavy (non-hydrogen) atoms. The van der Waals surface area contributed by atoms with Gasteiger partial charge in [0.1, 0.15) is 34.5 Å². The second-order valence-electron chi connectivity index (χ2n) is 18.5. The van der Waals surface area contributed by atoms with Crippen LogP contribution in [0.1, 0.15) is 53.7 Å². The average Bonchev–Trinajstić information content (AvgIpc) is 3.99. The van der Waals surface area contributed by atoms with Gasteiger partial charge in [0.25, 0.3) is 23.4 Å². The number of carbonyl (C=O) groups is 3. The maximum atomic E-state index is 14.3. The van der Waals surface area contributed by atoms with Crippen LogP contribution in [0.2, 0.25) is 0 Å². The quantitative estimate of drug-likeness (QED) is 0.112. The van der Waals surface area contributed by atoms with Crippen LogP contribution in [0.25, 0.3) is 66.1 Å². The number of carbonyl (C=O) groups excluding carboxylic acids is 3. The molecule has 0 radical (unpaired) electrons. The Morgan fingerprint density at radius 2 is 0.867 bits per heavy atom. The molecule has 0 bridgehead atoms. The first kappa shape index (κ1) is 49.6. The molecule has 3 N–H and O–H groups in total. The van der Waals surface area contributed by atoms with E-state index in [2.05, 4.69) is 22.0 Å². The highest BCUT2D eigenvalue weighted by molar-refractivity contribution is 7.90. The van der Waals surface area contributed by atoms with Crippen LogP contribution in [0.3, 0.4) is 0 Å². The lowest BCUT2D eigenvalue weighted by Gasteiger charge is -2.18. The van der Waals surface area contributed by atoms with E-state index in [0.29, 0.717) is 94.9 Å². The summed E-state index contributed by atoms with van der Waals surface area (Å²) >= 11 is 0. The molecule has 0 aliphatic carbocycles. The third-order valence-electron chi connectivity index (χ3n) is 13.9. The Morgan fingerprint density at radius 1 is 0.547 bits per heavy atom. The summed E-state index contributed by atoms with van der Waals surface area (Å²) in [4.78, 5) is 47.3. The second kappa shape index (κ2) is 19.1. The van der Waals surface area contributed by atoms with Crippen LogP contribution >= 0.6 is 0 Å². The monoisotopic (exact) mass is 1030 g/mol. The third-order valence-corrected chi connectivity index (χ3v) is 15.1. The SMILES string of the molecule is Cc1c2n(c3c(-c4ccc(C#N)cc4)cc(F)cc13)CCNC2=O.Cc1c2n(c3c(-c4ccc(S(C)(=O)=O)cc4)cc(F)cc13)CCNC2=O.Cc1c2n(c3c(-c4ccc([N+](=O)[O-])cc4)cc(F)cc13)CCNC2=O. The van der Waals surface area contributed by atoms with E-state index in [1.54, 1.807) is 43.3 Å². The van der Waals surface area contributed by atoms with E-state index in [4.69, 9.17) is 5.26 Å². The van der Waals surface area contributed by atoms with Crippen molar-refractivity contribution in [2.24, 2.45) is 0 Å². The fourth-order valence-electron chi connectivity index (χ4n) is 10.5. The predicted molar refractivity (Wildman–Crippen MR) is 278 cm³/mol. The topological polar surface area (TPSA) is 203 Å². The Kier molecular flexibility index (Phi) is 12.6. The van der Waals surface area contributed by atoms with Gasteiger partial charge in [0, 0.05) is 90.5 Å². The number of rotatable bonds is 5. The minimum atomic E-state index is -3.30. The number of amides is 3. The lowest BCUT2D eigenvalue weighted by atomic mass is 10.0. The number of benzene rings is 6. The van der Waals surface area contributed by atoms with Crippen molar-refractivity contribution in [2.75, 3.05) is 25.9 Å². The molecule has 0 saturated carbocycles. The van der Waals surface area contributed by atoms with Crippen LogP contribution in [0.5, 0.6) is 0 Å². The zero-order valence-corrected chi connectivity index (χ0v) is 41.6. The molecule has 378 valence electrons. The molecular weight excluding hydrogens is 986 g/mol. The van der Waals surface area contributed by atoms with Gasteiger partial charge in [-0.3, -0.25) is 24.5 Å². The van der Waals surface area contributed by atoms with Gasteiger partial charge < -0.3 is 29.7 Å². The molecule has 9 aromatic rings. The molecule has 0 spiro atoms. The summed E-state index contributed by atoms with van der Waals surface area (Å²) in [6, 6.07) is 30.2. The van der Waals surface area contributed by atoms with Gasteiger partial charge in [-0.1, -0.05) is 24.3 Å². The molecule has 19 heteroatoms. The zero-order chi connectivity index (χ0) is 53.2. The van der Waals surface area contributed by atoms with Crippen molar-refractivity contribution in [2.45, 2.75) is 45.3 Å². The second-order valence-corrected chi connectivity index (χ2v) is 20.5. The number of nitro groups is 1. The first-order chi connectivity index (χ1) is 35.8. The van der Waals surface area contributed by atoms with Crippen molar-refractivity contribution < 1.29 is 40.9 Å². The van der Waals surface area contributed by atoms with E-state index in [-0.39, 0.29) is 34.1 Å². The molecule has 3 aromatic heterocycles. The van der Waals surface area contributed by atoms with E-state index in [1.807, 2.05) is 39.7 Å². The third kappa shape index (κ3) is 8.82. The summed E-state index contributed by atoms with van der Waals surface area (Å²) in [5, 5.41) is 30.4. The number of nitrogens with zero attached hydrogens (tertiary/aromatic N) is 5. The summed E-state index contributed by atoms with van der Waals surface area (Å²) in [5.74, 6) is -1.60. The molecule has 3 aliphatic heterocycles. The maximum absolute atomic E-state index is 14.3. The van der Waals surface area contributed by atoms with Gasteiger partial charge >= 0.3 is 0 Å². The minimum Gasteiger partial charge on any atom is -0.349 e. The number of nitro benzene ring substituents is 1. The first-order valence-corrected chi connectivity index (χ1v) is 25.6. The van der Waals surface area contributed by atoms with Gasteiger partial charge in [-0.2, -0.15) is 5.26 Å². The molecule has 0 atom stereocenters. The van der Waals surface area contributed by atoms with E-state index in [0.717, 1.165) is 56.0 Å². The number of fused-ring (bicyclic) bond motifs is 9. The van der Waals surface area contributed by atoms with Gasteiger partial charge in [0.15, 0.2) is 9.84 Å². The molecule has 6 heterocycles. The highest BCUT2D eigenvalue weighted by atomic mass is 32.2. The Balaban J connectivity index is 0.000000128. The maximum Gasteiger partial charge on any atom is 0.269 e. The van der Waals surface area contributed by atoms with Gasteiger partial charge in [-0.15, -0.1) is 0 Å². The predicted octanol–water partition coefficient (Wildman–Crippen LogP) is 9.68.